The van der Waals surface area contributed by atoms with Gasteiger partial charge in [0.25, 0.3) is 5.91 Å². The van der Waals surface area contributed by atoms with Crippen molar-refractivity contribution in [3.63, 3.8) is 0 Å². The molecule has 0 bridgehead atoms. The summed E-state index contributed by atoms with van der Waals surface area (Å²) in [4.78, 5) is 25.4. The number of hydrogen-bond donors (Lipinski definition) is 1. The fourth-order valence-electron chi connectivity index (χ4n) is 2.09. The molecule has 1 N–H and O–H groups in total. The van der Waals surface area contributed by atoms with Crippen molar-refractivity contribution in [1.82, 2.24) is 0 Å². The highest BCUT2D eigenvalue weighted by Crippen LogP contribution is 2.30. The maximum Gasteiger partial charge on any atom is 0.340 e. The van der Waals surface area contributed by atoms with E-state index in [0.29, 0.717) is 28.5 Å². The van der Waals surface area contributed by atoms with Crippen molar-refractivity contribution in [3.8, 4) is 5.75 Å². The van der Waals surface area contributed by atoms with Crippen LogP contribution in [0.4, 0.5) is 5.00 Å². The third-order valence-electron chi connectivity index (χ3n) is 3.33. The molecule has 1 amide bonds. The van der Waals surface area contributed by atoms with Crippen molar-refractivity contribution in [3.05, 3.63) is 46.3 Å². The third-order valence-corrected chi connectivity index (χ3v) is 4.53. The van der Waals surface area contributed by atoms with Gasteiger partial charge >= 0.3 is 5.97 Å². The van der Waals surface area contributed by atoms with E-state index in [0.717, 1.165) is 17.7 Å². The predicted molar refractivity (Wildman–Crippen MR) is 95.2 cm³/mol. The number of amides is 1. The molecular weight excluding hydrogens is 326 g/mol. The van der Waals surface area contributed by atoms with Gasteiger partial charge in [0.15, 0.2) is 0 Å². The molecule has 1 heterocycles. The van der Waals surface area contributed by atoms with E-state index in [1.807, 2.05) is 19.9 Å². The number of ether oxygens (including phenoxy) is 2. The lowest BCUT2D eigenvalue weighted by Gasteiger charge is -2.08. The molecule has 128 valence electrons. The molecule has 0 spiro atoms. The summed E-state index contributed by atoms with van der Waals surface area (Å²) in [5.74, 6) is -0.0917. The van der Waals surface area contributed by atoms with E-state index in [-0.39, 0.29) is 5.91 Å². The molecule has 0 aliphatic carbocycles. The van der Waals surface area contributed by atoms with E-state index in [4.69, 9.17) is 9.47 Å². The van der Waals surface area contributed by atoms with Crippen molar-refractivity contribution in [1.29, 1.82) is 0 Å². The first-order chi connectivity index (χ1) is 11.6. The number of thiophene rings is 1. The number of esters is 1. The monoisotopic (exact) mass is 347 g/mol. The summed E-state index contributed by atoms with van der Waals surface area (Å²) < 4.78 is 10.3. The molecule has 1 aromatic carbocycles. The summed E-state index contributed by atoms with van der Waals surface area (Å²) in [6.07, 6.45) is 1.68. The number of benzene rings is 1. The Morgan fingerprint density at radius 1 is 1.21 bits per heavy atom. The number of aryl methyl sites for hydroxylation is 1. The lowest BCUT2D eigenvalue weighted by Crippen LogP contribution is -2.13. The van der Waals surface area contributed by atoms with E-state index < -0.39 is 5.97 Å². The van der Waals surface area contributed by atoms with E-state index >= 15 is 0 Å². The summed E-state index contributed by atoms with van der Waals surface area (Å²) in [6, 6.07) is 8.74. The summed E-state index contributed by atoms with van der Waals surface area (Å²) >= 11 is 1.38. The van der Waals surface area contributed by atoms with Gasteiger partial charge in [-0.25, -0.2) is 4.79 Å². The highest BCUT2D eigenvalue weighted by molar-refractivity contribution is 7.16. The molecule has 0 fully saturated rings. The van der Waals surface area contributed by atoms with Gasteiger partial charge in [0.05, 0.1) is 19.3 Å². The predicted octanol–water partition coefficient (Wildman–Crippen LogP) is 4.14. The number of nitrogens with one attached hydrogen (secondary N) is 1. The lowest BCUT2D eigenvalue weighted by molar-refractivity contribution is 0.0602. The largest absolute Gasteiger partial charge is 0.494 e. The molecule has 0 aliphatic heterocycles. The van der Waals surface area contributed by atoms with Crippen LogP contribution in [0.25, 0.3) is 0 Å². The number of carbonyl (C=O) groups is 2. The third kappa shape index (κ3) is 4.35. The second kappa shape index (κ2) is 8.49. The number of rotatable bonds is 7. The van der Waals surface area contributed by atoms with Crippen molar-refractivity contribution >= 4 is 28.2 Å². The Balaban J connectivity index is 2.20. The molecule has 2 rings (SSSR count). The molecule has 0 saturated heterocycles. The second-order valence-electron chi connectivity index (χ2n) is 5.13. The van der Waals surface area contributed by atoms with Crippen LogP contribution in [0.1, 0.15) is 45.9 Å². The zero-order chi connectivity index (χ0) is 17.5. The topological polar surface area (TPSA) is 64.6 Å². The van der Waals surface area contributed by atoms with Crippen molar-refractivity contribution < 1.29 is 19.1 Å². The van der Waals surface area contributed by atoms with Crippen LogP contribution in [-0.4, -0.2) is 25.6 Å². The van der Waals surface area contributed by atoms with Gasteiger partial charge in [-0.15, -0.1) is 11.3 Å². The number of carbonyl (C=O) groups excluding carboxylic acids is 2. The smallest absolute Gasteiger partial charge is 0.340 e. The number of hydrogen-bond acceptors (Lipinski definition) is 5. The van der Waals surface area contributed by atoms with Gasteiger partial charge < -0.3 is 14.8 Å². The van der Waals surface area contributed by atoms with Gasteiger partial charge in [-0.3, -0.25) is 4.79 Å². The van der Waals surface area contributed by atoms with Crippen LogP contribution < -0.4 is 10.1 Å². The molecule has 0 radical (unpaired) electrons. The summed E-state index contributed by atoms with van der Waals surface area (Å²) in [5.41, 5.74) is 0.858. The Hall–Kier alpha value is -2.34. The van der Waals surface area contributed by atoms with Crippen LogP contribution in [-0.2, 0) is 11.2 Å². The van der Waals surface area contributed by atoms with E-state index in [1.54, 1.807) is 24.3 Å². The normalized spacial score (nSPS) is 10.3. The Labute approximate surface area is 145 Å². The molecule has 5 nitrogen and oxygen atoms in total. The second-order valence-corrected chi connectivity index (χ2v) is 6.27. The number of methoxy groups -OCH3 is 1. The maximum absolute atomic E-state index is 12.5. The van der Waals surface area contributed by atoms with Crippen LogP contribution >= 0.6 is 11.3 Å². The van der Waals surface area contributed by atoms with Crippen LogP contribution in [0, 0.1) is 0 Å². The van der Waals surface area contributed by atoms with Gasteiger partial charge in [-0.05, 0) is 37.1 Å². The van der Waals surface area contributed by atoms with Gasteiger partial charge in [0.1, 0.15) is 10.8 Å². The molecule has 0 unspecified atom stereocenters. The Kier molecular flexibility index (Phi) is 6.37. The fraction of sp³-hybridized carbons (Fsp3) is 0.333. The molecule has 0 saturated carbocycles. The van der Waals surface area contributed by atoms with Gasteiger partial charge in [-0.1, -0.05) is 19.9 Å². The molecule has 0 atom stereocenters. The minimum Gasteiger partial charge on any atom is -0.494 e. The summed E-state index contributed by atoms with van der Waals surface area (Å²) in [6.45, 7) is 4.61. The first-order valence-electron chi connectivity index (χ1n) is 7.84. The molecular formula is C18H21NO4S. The first-order valence-corrected chi connectivity index (χ1v) is 8.65. The SMILES string of the molecule is CCCOc1cccc(C(=O)Nc2sc(CC)cc2C(=O)OC)c1. The van der Waals surface area contributed by atoms with E-state index in [9.17, 15) is 9.59 Å². The molecule has 0 aliphatic rings. The lowest BCUT2D eigenvalue weighted by atomic mass is 10.2. The zero-order valence-electron chi connectivity index (χ0n) is 14.0. The average molecular weight is 347 g/mol. The standard InChI is InChI=1S/C18H21NO4S/c1-4-9-23-13-8-6-7-12(10-13)16(20)19-17-15(18(21)22-3)11-14(5-2)24-17/h6-8,10-11H,4-5,9H2,1-3H3,(H,19,20). The highest BCUT2D eigenvalue weighted by Gasteiger charge is 2.18. The quantitative estimate of drug-likeness (QED) is 0.765. The highest BCUT2D eigenvalue weighted by atomic mass is 32.1. The van der Waals surface area contributed by atoms with Crippen LogP contribution in [0.2, 0.25) is 0 Å². The van der Waals surface area contributed by atoms with Crippen molar-refractivity contribution in [2.75, 3.05) is 19.0 Å². The molecule has 2 aromatic rings. The summed E-state index contributed by atoms with van der Waals surface area (Å²) in [7, 11) is 1.33. The van der Waals surface area contributed by atoms with Gasteiger partial charge in [0.2, 0.25) is 0 Å². The summed E-state index contributed by atoms with van der Waals surface area (Å²) in [5, 5.41) is 3.31. The fourth-order valence-corrected chi connectivity index (χ4v) is 3.07. The molecule has 24 heavy (non-hydrogen) atoms. The Bertz CT molecular complexity index is 724. The zero-order valence-corrected chi connectivity index (χ0v) is 14.9. The van der Waals surface area contributed by atoms with E-state index in [2.05, 4.69) is 5.32 Å². The van der Waals surface area contributed by atoms with Crippen molar-refractivity contribution in [2.45, 2.75) is 26.7 Å². The average Bonchev–Trinajstić information content (AvgIpc) is 3.02. The van der Waals surface area contributed by atoms with Gasteiger partial charge in [0, 0.05) is 10.4 Å². The first kappa shape index (κ1) is 18.0. The van der Waals surface area contributed by atoms with Crippen LogP contribution in [0.5, 0.6) is 5.75 Å². The Morgan fingerprint density at radius 3 is 2.67 bits per heavy atom. The van der Waals surface area contributed by atoms with Crippen LogP contribution in [0.3, 0.4) is 0 Å². The van der Waals surface area contributed by atoms with Gasteiger partial charge in [-0.2, -0.15) is 0 Å². The van der Waals surface area contributed by atoms with E-state index in [1.165, 1.54) is 18.4 Å². The Morgan fingerprint density at radius 2 is 2.00 bits per heavy atom. The number of anilines is 1. The van der Waals surface area contributed by atoms with Crippen molar-refractivity contribution in [2.24, 2.45) is 0 Å². The van der Waals surface area contributed by atoms with Crippen LogP contribution in [0.15, 0.2) is 30.3 Å². The minimum absolute atomic E-state index is 0.286. The molecule has 6 heteroatoms. The maximum atomic E-state index is 12.5. The minimum atomic E-state index is -0.457. The molecule has 1 aromatic heterocycles.